The Morgan fingerprint density at radius 2 is 2.10 bits per heavy atom. The standard InChI is InChI=1S/C6H11NO2S/c8-10(9)2-1-5-3-7-4-6(5)10/h5-7H,1-4H2/t5-,6+/m0/s1. The van der Waals surface area contributed by atoms with Crippen LogP contribution < -0.4 is 5.32 Å². The average molecular weight is 161 g/mol. The number of sulfone groups is 1. The SMILES string of the molecule is O=S1(=O)CC[C@H]2CNC[C@H]21. The van der Waals surface area contributed by atoms with Crippen molar-refractivity contribution in [2.75, 3.05) is 18.8 Å². The van der Waals surface area contributed by atoms with Crippen molar-refractivity contribution in [3.8, 4) is 0 Å². The summed E-state index contributed by atoms with van der Waals surface area (Å²) in [5.74, 6) is 0.842. The van der Waals surface area contributed by atoms with Gasteiger partial charge in [0.2, 0.25) is 0 Å². The molecule has 0 bridgehead atoms. The molecule has 3 nitrogen and oxygen atoms in total. The predicted octanol–water partition coefficient (Wildman–Crippen LogP) is -0.607. The van der Waals surface area contributed by atoms with E-state index in [1.54, 1.807) is 0 Å². The van der Waals surface area contributed by atoms with E-state index in [1.165, 1.54) is 0 Å². The van der Waals surface area contributed by atoms with E-state index < -0.39 is 9.84 Å². The van der Waals surface area contributed by atoms with Gasteiger partial charge >= 0.3 is 0 Å². The van der Waals surface area contributed by atoms with Crippen molar-refractivity contribution in [3.63, 3.8) is 0 Å². The van der Waals surface area contributed by atoms with Crippen LogP contribution in [0.2, 0.25) is 0 Å². The molecule has 0 spiro atoms. The van der Waals surface area contributed by atoms with E-state index in [0.717, 1.165) is 13.0 Å². The summed E-state index contributed by atoms with van der Waals surface area (Å²) < 4.78 is 22.4. The number of rotatable bonds is 0. The maximum Gasteiger partial charge on any atom is 0.154 e. The minimum atomic E-state index is -2.69. The van der Waals surface area contributed by atoms with Gasteiger partial charge in [-0.2, -0.15) is 0 Å². The third kappa shape index (κ3) is 0.787. The summed E-state index contributed by atoms with van der Waals surface area (Å²) in [7, 11) is -2.69. The monoisotopic (exact) mass is 161 g/mol. The Kier molecular flexibility index (Phi) is 1.29. The highest BCUT2D eigenvalue weighted by Gasteiger charge is 2.42. The van der Waals surface area contributed by atoms with Crippen LogP contribution in [-0.2, 0) is 9.84 Å². The van der Waals surface area contributed by atoms with Gasteiger partial charge in [-0.05, 0) is 18.9 Å². The molecule has 4 heteroatoms. The first-order valence-electron chi connectivity index (χ1n) is 3.62. The summed E-state index contributed by atoms with van der Waals surface area (Å²) >= 11 is 0. The largest absolute Gasteiger partial charge is 0.315 e. The Labute approximate surface area is 60.7 Å². The van der Waals surface area contributed by atoms with Gasteiger partial charge in [-0.25, -0.2) is 8.42 Å². The first-order valence-corrected chi connectivity index (χ1v) is 5.34. The van der Waals surface area contributed by atoms with Crippen LogP contribution in [-0.4, -0.2) is 32.5 Å². The Morgan fingerprint density at radius 3 is 2.80 bits per heavy atom. The topological polar surface area (TPSA) is 46.2 Å². The first kappa shape index (κ1) is 6.61. The molecule has 2 heterocycles. The molecule has 0 amide bonds. The van der Waals surface area contributed by atoms with Crippen LogP contribution in [0.15, 0.2) is 0 Å². The predicted molar refractivity (Wildman–Crippen MR) is 38.6 cm³/mol. The zero-order valence-electron chi connectivity index (χ0n) is 5.71. The van der Waals surface area contributed by atoms with Gasteiger partial charge in [-0.1, -0.05) is 0 Å². The van der Waals surface area contributed by atoms with Crippen LogP contribution in [0.5, 0.6) is 0 Å². The van der Waals surface area contributed by atoms with Crippen molar-refractivity contribution < 1.29 is 8.42 Å². The molecular weight excluding hydrogens is 150 g/mol. The fourth-order valence-corrected chi connectivity index (χ4v) is 4.01. The highest BCUT2D eigenvalue weighted by Crippen LogP contribution is 2.28. The van der Waals surface area contributed by atoms with Crippen LogP contribution in [0.25, 0.3) is 0 Å². The Bertz CT molecular complexity index is 234. The molecular formula is C6H11NO2S. The zero-order chi connectivity index (χ0) is 7.19. The fourth-order valence-electron chi connectivity index (χ4n) is 1.88. The van der Waals surface area contributed by atoms with Crippen molar-refractivity contribution in [1.82, 2.24) is 5.32 Å². The van der Waals surface area contributed by atoms with E-state index in [9.17, 15) is 8.42 Å². The smallest absolute Gasteiger partial charge is 0.154 e. The molecule has 0 aromatic rings. The lowest BCUT2D eigenvalue weighted by atomic mass is 10.1. The van der Waals surface area contributed by atoms with Crippen LogP contribution in [0, 0.1) is 5.92 Å². The van der Waals surface area contributed by atoms with E-state index in [-0.39, 0.29) is 5.25 Å². The summed E-state index contributed by atoms with van der Waals surface area (Å²) in [6.07, 6.45) is 0.875. The molecule has 2 atom stereocenters. The highest BCUT2D eigenvalue weighted by molar-refractivity contribution is 7.92. The van der Waals surface area contributed by atoms with Gasteiger partial charge in [0.1, 0.15) is 0 Å². The highest BCUT2D eigenvalue weighted by atomic mass is 32.2. The second-order valence-corrected chi connectivity index (χ2v) is 5.45. The number of hydrogen-bond donors (Lipinski definition) is 1. The van der Waals surface area contributed by atoms with E-state index in [4.69, 9.17) is 0 Å². The van der Waals surface area contributed by atoms with E-state index in [1.807, 2.05) is 0 Å². The summed E-state index contributed by atoms with van der Waals surface area (Å²) in [4.78, 5) is 0. The van der Waals surface area contributed by atoms with Gasteiger partial charge in [0.15, 0.2) is 9.84 Å². The van der Waals surface area contributed by atoms with Gasteiger partial charge in [0.25, 0.3) is 0 Å². The molecule has 0 aliphatic carbocycles. The summed E-state index contributed by atoms with van der Waals surface area (Å²) in [5, 5.41) is 3.05. The molecule has 0 saturated carbocycles. The molecule has 0 unspecified atom stereocenters. The average Bonchev–Trinajstić information content (AvgIpc) is 2.36. The summed E-state index contributed by atoms with van der Waals surface area (Å²) in [6, 6.07) is 0. The van der Waals surface area contributed by atoms with Crippen molar-refractivity contribution in [2.24, 2.45) is 5.92 Å². The molecule has 2 saturated heterocycles. The van der Waals surface area contributed by atoms with Crippen molar-refractivity contribution in [1.29, 1.82) is 0 Å². The Balaban J connectivity index is 2.32. The molecule has 0 radical (unpaired) electrons. The molecule has 2 aliphatic rings. The lowest BCUT2D eigenvalue weighted by Crippen LogP contribution is -2.22. The maximum atomic E-state index is 11.2. The van der Waals surface area contributed by atoms with Gasteiger partial charge in [0.05, 0.1) is 11.0 Å². The third-order valence-corrected chi connectivity index (χ3v) is 4.79. The third-order valence-electron chi connectivity index (χ3n) is 2.51. The quantitative estimate of drug-likeness (QED) is 0.515. The van der Waals surface area contributed by atoms with Gasteiger partial charge in [0, 0.05) is 6.54 Å². The molecule has 2 aliphatic heterocycles. The second kappa shape index (κ2) is 1.95. The van der Waals surface area contributed by atoms with Gasteiger partial charge in [-0.15, -0.1) is 0 Å². The number of fused-ring (bicyclic) bond motifs is 1. The lowest BCUT2D eigenvalue weighted by Gasteiger charge is -2.03. The van der Waals surface area contributed by atoms with Crippen molar-refractivity contribution in [2.45, 2.75) is 11.7 Å². The van der Waals surface area contributed by atoms with Crippen molar-refractivity contribution in [3.05, 3.63) is 0 Å². The molecule has 1 N–H and O–H groups in total. The van der Waals surface area contributed by atoms with E-state index in [0.29, 0.717) is 18.2 Å². The molecule has 58 valence electrons. The molecule has 0 aromatic carbocycles. The summed E-state index contributed by atoms with van der Waals surface area (Å²) in [6.45, 7) is 1.59. The van der Waals surface area contributed by atoms with Crippen LogP contribution in [0.4, 0.5) is 0 Å². The summed E-state index contributed by atoms with van der Waals surface area (Å²) in [5.41, 5.74) is 0. The molecule has 2 fully saturated rings. The fraction of sp³-hybridized carbons (Fsp3) is 1.00. The molecule has 10 heavy (non-hydrogen) atoms. The molecule has 0 aromatic heterocycles. The maximum absolute atomic E-state index is 11.2. The number of hydrogen-bond acceptors (Lipinski definition) is 3. The Morgan fingerprint density at radius 1 is 1.30 bits per heavy atom. The van der Waals surface area contributed by atoms with E-state index in [2.05, 4.69) is 5.32 Å². The normalized spacial score (nSPS) is 43.6. The minimum absolute atomic E-state index is 0.0486. The minimum Gasteiger partial charge on any atom is -0.315 e. The first-order chi connectivity index (χ1) is 4.70. The Hall–Kier alpha value is -0.0900. The van der Waals surface area contributed by atoms with Gasteiger partial charge < -0.3 is 5.32 Å². The van der Waals surface area contributed by atoms with Crippen molar-refractivity contribution >= 4 is 9.84 Å². The number of nitrogens with one attached hydrogen (secondary N) is 1. The van der Waals surface area contributed by atoms with Crippen LogP contribution >= 0.6 is 0 Å². The molecule has 2 rings (SSSR count). The van der Waals surface area contributed by atoms with Crippen LogP contribution in [0.1, 0.15) is 6.42 Å². The second-order valence-electron chi connectivity index (χ2n) is 3.11. The lowest BCUT2D eigenvalue weighted by molar-refractivity contribution is 0.576. The van der Waals surface area contributed by atoms with E-state index >= 15 is 0 Å². The van der Waals surface area contributed by atoms with Crippen LogP contribution in [0.3, 0.4) is 0 Å². The zero-order valence-corrected chi connectivity index (χ0v) is 6.52. The van der Waals surface area contributed by atoms with Gasteiger partial charge in [-0.3, -0.25) is 0 Å².